The Bertz CT molecular complexity index is 1450. The zero-order valence-corrected chi connectivity index (χ0v) is 21.9. The minimum absolute atomic E-state index is 0. The van der Waals surface area contributed by atoms with Gasteiger partial charge in [-0.25, -0.2) is 0 Å². The number of aliphatic hydroxyl groups is 3. The van der Waals surface area contributed by atoms with Crippen LogP contribution in [0.25, 0.3) is 21.5 Å². The average Bonchev–Trinajstić information content (AvgIpc) is 2.86. The van der Waals surface area contributed by atoms with Gasteiger partial charge < -0.3 is 30.0 Å². The van der Waals surface area contributed by atoms with Gasteiger partial charge in [0.25, 0.3) is 0 Å². The number of aliphatic carboxylic acids is 1. The largest absolute Gasteiger partial charge is 1.00 e. The fourth-order valence-corrected chi connectivity index (χ4v) is 4.75. The second-order valence-corrected chi connectivity index (χ2v) is 9.04. The summed E-state index contributed by atoms with van der Waals surface area (Å²) in [7, 11) is 0. The third kappa shape index (κ3) is 5.06. The van der Waals surface area contributed by atoms with Crippen molar-refractivity contribution in [3.8, 4) is 0 Å². The minimum Gasteiger partial charge on any atom is -0.547 e. The number of benzene rings is 4. The van der Waals surface area contributed by atoms with Crippen LogP contribution in [-0.4, -0.2) is 39.1 Å². The normalized spacial score (nSPS) is 21.9. The Kier molecular flexibility index (Phi) is 7.85. The van der Waals surface area contributed by atoms with E-state index in [1.807, 2.05) is 84.9 Å². The molecule has 1 aliphatic rings. The predicted octanol–water partition coefficient (Wildman–Crippen LogP) is -0.383. The monoisotopic (exact) mass is 492 g/mol. The second kappa shape index (κ2) is 10.7. The second-order valence-electron chi connectivity index (χ2n) is 9.04. The van der Waals surface area contributed by atoms with Crippen molar-refractivity contribution in [2.75, 3.05) is 0 Å². The molecule has 3 atom stereocenters. The van der Waals surface area contributed by atoms with Crippen molar-refractivity contribution in [2.24, 2.45) is 0 Å². The van der Waals surface area contributed by atoms with Gasteiger partial charge in [-0.1, -0.05) is 78.9 Å². The number of fused-ring (bicyclic) bond motifs is 2. The predicted molar refractivity (Wildman–Crippen MR) is 130 cm³/mol. The van der Waals surface area contributed by atoms with Crippen LogP contribution in [0.5, 0.6) is 0 Å². The number of carbonyl (C=O) groups is 1. The van der Waals surface area contributed by atoms with E-state index < -0.39 is 30.2 Å². The first-order valence-corrected chi connectivity index (χ1v) is 11.5. The molecule has 6 nitrogen and oxygen atoms in total. The number of carboxylic acids is 1. The van der Waals surface area contributed by atoms with Crippen LogP contribution in [0.2, 0.25) is 0 Å². The number of ether oxygens (including phenoxy) is 1. The Morgan fingerprint density at radius 1 is 0.861 bits per heavy atom. The smallest absolute Gasteiger partial charge is 0.547 e. The van der Waals surface area contributed by atoms with E-state index in [1.165, 1.54) is 0 Å². The quantitative estimate of drug-likeness (QED) is 0.317. The molecule has 0 fully saturated rings. The van der Waals surface area contributed by atoms with E-state index in [-0.39, 0.29) is 53.9 Å². The van der Waals surface area contributed by atoms with Gasteiger partial charge in [0.05, 0.1) is 12.1 Å². The van der Waals surface area contributed by atoms with Crippen molar-refractivity contribution in [1.29, 1.82) is 0 Å². The van der Waals surface area contributed by atoms with E-state index in [2.05, 4.69) is 0 Å². The molecular formula is C29H25NaO6. The van der Waals surface area contributed by atoms with Gasteiger partial charge in [0.2, 0.25) is 0 Å². The zero-order chi connectivity index (χ0) is 24.6. The first kappa shape index (κ1) is 26.4. The molecule has 178 valence electrons. The van der Waals surface area contributed by atoms with Crippen molar-refractivity contribution in [3.63, 3.8) is 0 Å². The summed E-state index contributed by atoms with van der Waals surface area (Å²) < 4.78 is 5.94. The number of rotatable bonds is 6. The van der Waals surface area contributed by atoms with Crippen molar-refractivity contribution >= 4 is 27.5 Å². The molecule has 36 heavy (non-hydrogen) atoms. The Balaban J connectivity index is 0.00000304. The maximum atomic E-state index is 12.1. The molecule has 7 heteroatoms. The number of carbonyl (C=O) groups excluding carboxylic acids is 1. The number of aliphatic hydroxyl groups excluding tert-OH is 2. The molecular weight excluding hydrogens is 467 g/mol. The van der Waals surface area contributed by atoms with Crippen molar-refractivity contribution in [2.45, 2.75) is 37.3 Å². The molecule has 3 N–H and O–H groups in total. The van der Waals surface area contributed by atoms with Crippen LogP contribution in [0.15, 0.2) is 96.3 Å². The van der Waals surface area contributed by atoms with Crippen LogP contribution >= 0.6 is 0 Å². The molecule has 0 aliphatic heterocycles. The SMILES string of the molecule is O=C([O-])[C@@]1(O)C[C@@H](O)[C@H](O)C(OCc2ccc3ccccc3c2)=C1Cc1ccc2ccccc2c1.[Na+]. The van der Waals surface area contributed by atoms with Crippen LogP contribution in [0.1, 0.15) is 17.5 Å². The van der Waals surface area contributed by atoms with E-state index in [0.717, 1.165) is 32.7 Å². The fourth-order valence-electron chi connectivity index (χ4n) is 4.75. The molecule has 5 rings (SSSR count). The number of hydrogen-bond donors (Lipinski definition) is 3. The van der Waals surface area contributed by atoms with Crippen molar-refractivity contribution in [3.05, 3.63) is 107 Å². The Morgan fingerprint density at radius 3 is 1.97 bits per heavy atom. The number of hydrogen-bond acceptors (Lipinski definition) is 6. The van der Waals surface area contributed by atoms with Crippen LogP contribution < -0.4 is 34.7 Å². The summed E-state index contributed by atoms with van der Waals surface area (Å²) in [5, 5.41) is 48.4. The molecule has 0 aromatic heterocycles. The first-order chi connectivity index (χ1) is 16.8. The van der Waals surface area contributed by atoms with Gasteiger partial charge in [-0.2, -0.15) is 0 Å². The van der Waals surface area contributed by atoms with Gasteiger partial charge in [0, 0.05) is 18.4 Å². The standard InChI is InChI=1S/C29H26O6.Na/c30-25-16-29(34,28(32)33)24(15-18-9-11-20-5-1-3-7-22(20)13-18)27(26(25)31)35-17-19-10-12-21-6-2-4-8-23(21)14-19;/h1-14,25-26,30-31,34H,15-17H2,(H,32,33);/q;+1/p-1/t25-,26+,29-;/m1./s1. The number of carboxylic acid groups (broad SMARTS) is 1. The average molecular weight is 493 g/mol. The Labute approximate surface area is 230 Å². The topological polar surface area (TPSA) is 110 Å². The molecule has 4 aromatic rings. The van der Waals surface area contributed by atoms with Gasteiger partial charge in [-0.15, -0.1) is 0 Å². The van der Waals surface area contributed by atoms with E-state index in [1.54, 1.807) is 0 Å². The minimum atomic E-state index is -2.48. The van der Waals surface area contributed by atoms with E-state index >= 15 is 0 Å². The van der Waals surface area contributed by atoms with E-state index in [9.17, 15) is 25.2 Å². The van der Waals surface area contributed by atoms with Gasteiger partial charge >= 0.3 is 29.6 Å². The molecule has 4 aromatic carbocycles. The third-order valence-corrected chi connectivity index (χ3v) is 6.67. The summed E-state index contributed by atoms with van der Waals surface area (Å²) in [6.45, 7) is 0.0221. The molecule has 0 bridgehead atoms. The Morgan fingerprint density at radius 2 is 1.39 bits per heavy atom. The van der Waals surface area contributed by atoms with Crippen molar-refractivity contribution < 1.29 is 59.5 Å². The van der Waals surface area contributed by atoms with Crippen LogP contribution in [0.4, 0.5) is 0 Å². The molecule has 0 heterocycles. The van der Waals surface area contributed by atoms with E-state index in [0.29, 0.717) is 0 Å². The molecule has 0 radical (unpaired) electrons. The van der Waals surface area contributed by atoms with Crippen LogP contribution in [0.3, 0.4) is 0 Å². The summed E-state index contributed by atoms with van der Waals surface area (Å²) >= 11 is 0. The zero-order valence-electron chi connectivity index (χ0n) is 19.9. The molecule has 0 spiro atoms. The van der Waals surface area contributed by atoms with Gasteiger partial charge in [0.1, 0.15) is 24.1 Å². The van der Waals surface area contributed by atoms with Crippen LogP contribution in [-0.2, 0) is 22.6 Å². The third-order valence-electron chi connectivity index (χ3n) is 6.67. The summed E-state index contributed by atoms with van der Waals surface area (Å²) in [5.74, 6) is -1.89. The summed E-state index contributed by atoms with van der Waals surface area (Å²) in [4.78, 5) is 12.1. The molecule has 1 aliphatic carbocycles. The maximum absolute atomic E-state index is 12.1. The van der Waals surface area contributed by atoms with Gasteiger partial charge in [-0.3, -0.25) is 0 Å². The Hall–Kier alpha value is -2.71. The molecule has 0 amide bonds. The van der Waals surface area contributed by atoms with Crippen molar-refractivity contribution in [1.82, 2.24) is 0 Å². The van der Waals surface area contributed by atoms with Crippen LogP contribution in [0, 0.1) is 0 Å². The van der Waals surface area contributed by atoms with Gasteiger partial charge in [-0.05, 0) is 38.7 Å². The molecule has 0 saturated carbocycles. The van der Waals surface area contributed by atoms with Gasteiger partial charge in [0.15, 0.2) is 0 Å². The van der Waals surface area contributed by atoms with E-state index in [4.69, 9.17) is 4.74 Å². The summed E-state index contributed by atoms with van der Waals surface area (Å²) in [5.41, 5.74) is -0.978. The maximum Gasteiger partial charge on any atom is 1.00 e. The summed E-state index contributed by atoms with van der Waals surface area (Å²) in [6.07, 6.45) is -3.59. The summed E-state index contributed by atoms with van der Waals surface area (Å²) in [6, 6.07) is 27.0. The molecule has 0 saturated heterocycles. The first-order valence-electron chi connectivity index (χ1n) is 11.5. The molecule has 0 unspecified atom stereocenters. The fraction of sp³-hybridized carbons (Fsp3) is 0.207.